The molecular formula is C18H23N5O4S2. The second-order valence-corrected chi connectivity index (χ2v) is 8.51. The highest BCUT2D eigenvalue weighted by Gasteiger charge is 2.31. The van der Waals surface area contributed by atoms with Crippen molar-refractivity contribution in [3.8, 4) is 0 Å². The van der Waals surface area contributed by atoms with Crippen LogP contribution >= 0.6 is 22.9 Å². The van der Waals surface area contributed by atoms with E-state index in [0.717, 1.165) is 29.3 Å². The van der Waals surface area contributed by atoms with Gasteiger partial charge in [0.15, 0.2) is 5.69 Å². The maximum atomic E-state index is 13.2. The first-order valence-electron chi connectivity index (χ1n) is 9.16. The van der Waals surface area contributed by atoms with E-state index in [9.17, 15) is 14.4 Å². The molecule has 0 aromatic carbocycles. The van der Waals surface area contributed by atoms with E-state index in [1.54, 1.807) is 6.92 Å². The number of nitrogen functional groups attached to an aromatic ring is 1. The van der Waals surface area contributed by atoms with Crippen LogP contribution in [-0.2, 0) is 16.1 Å². The molecule has 0 saturated carbocycles. The van der Waals surface area contributed by atoms with E-state index in [4.69, 9.17) is 16.2 Å². The number of nitrogens with zero attached hydrogens (tertiary/aromatic N) is 2. The van der Waals surface area contributed by atoms with Gasteiger partial charge in [-0.15, -0.1) is 11.3 Å². The zero-order valence-corrected chi connectivity index (χ0v) is 17.6. The molecule has 1 saturated heterocycles. The van der Waals surface area contributed by atoms with Gasteiger partial charge in [-0.2, -0.15) is 4.37 Å². The Morgan fingerprint density at radius 3 is 2.83 bits per heavy atom. The molecule has 0 spiro atoms. The summed E-state index contributed by atoms with van der Waals surface area (Å²) >= 11 is 2.28. The van der Waals surface area contributed by atoms with E-state index >= 15 is 0 Å². The Hall–Kier alpha value is -2.50. The van der Waals surface area contributed by atoms with Gasteiger partial charge in [-0.3, -0.25) is 14.4 Å². The van der Waals surface area contributed by atoms with Crippen molar-refractivity contribution >= 4 is 46.3 Å². The average Bonchev–Trinajstić information content (AvgIpc) is 3.44. The van der Waals surface area contributed by atoms with E-state index in [-0.39, 0.29) is 34.8 Å². The first-order chi connectivity index (χ1) is 13.9. The molecule has 0 aliphatic carbocycles. The molecular weight excluding hydrogens is 414 g/mol. The number of nitrogens with two attached hydrogens (primary N) is 2. The number of primary amides is 1. The van der Waals surface area contributed by atoms with Gasteiger partial charge in [0.1, 0.15) is 10.9 Å². The summed E-state index contributed by atoms with van der Waals surface area (Å²) in [6.45, 7) is 2.99. The number of anilines is 1. The predicted molar refractivity (Wildman–Crippen MR) is 111 cm³/mol. The highest BCUT2D eigenvalue weighted by molar-refractivity contribution is 7.10. The first-order valence-corrected chi connectivity index (χ1v) is 10.8. The number of carbonyl (C=O) groups is 3. The van der Waals surface area contributed by atoms with E-state index in [0.29, 0.717) is 13.2 Å². The number of aromatic nitrogens is 1. The normalized spacial score (nSPS) is 17.1. The Bertz CT molecular complexity index is 877. The maximum Gasteiger partial charge on any atom is 0.270 e. The number of thiophene rings is 1. The molecule has 1 aliphatic rings. The topological polar surface area (TPSA) is 141 Å². The lowest BCUT2D eigenvalue weighted by molar-refractivity contribution is -0.125. The lowest BCUT2D eigenvalue weighted by Crippen LogP contribution is -2.48. The molecule has 0 radical (unpaired) electrons. The molecule has 5 N–H and O–H groups in total. The lowest BCUT2D eigenvalue weighted by atomic mass is 10.2. The van der Waals surface area contributed by atoms with Crippen LogP contribution in [0.25, 0.3) is 0 Å². The number of hydrogen-bond acceptors (Lipinski definition) is 8. The molecule has 29 heavy (non-hydrogen) atoms. The summed E-state index contributed by atoms with van der Waals surface area (Å²) in [5.74, 6) is -1.56. The summed E-state index contributed by atoms with van der Waals surface area (Å²) in [6.07, 6.45) is 1.88. The van der Waals surface area contributed by atoms with Gasteiger partial charge in [0, 0.05) is 18.0 Å². The molecule has 0 bridgehead atoms. The summed E-state index contributed by atoms with van der Waals surface area (Å²) in [7, 11) is 0. The number of amides is 3. The summed E-state index contributed by atoms with van der Waals surface area (Å²) in [6, 6.07) is 2.99. The first kappa shape index (κ1) is 21.2. The van der Waals surface area contributed by atoms with Crippen molar-refractivity contribution in [2.45, 2.75) is 38.5 Å². The maximum absolute atomic E-state index is 13.2. The SMILES string of the molecule is CC(C(=O)NCC1CCCO1)N(Cc1cccs1)C(=O)c1snc(C(N)=O)c1N. The van der Waals surface area contributed by atoms with Crippen molar-refractivity contribution in [3.63, 3.8) is 0 Å². The van der Waals surface area contributed by atoms with Gasteiger partial charge in [0.25, 0.3) is 11.8 Å². The molecule has 2 unspecified atom stereocenters. The highest BCUT2D eigenvalue weighted by atomic mass is 32.1. The minimum Gasteiger partial charge on any atom is -0.395 e. The zero-order chi connectivity index (χ0) is 21.0. The van der Waals surface area contributed by atoms with Gasteiger partial charge in [-0.05, 0) is 42.7 Å². The Morgan fingerprint density at radius 1 is 1.45 bits per heavy atom. The van der Waals surface area contributed by atoms with Crippen LogP contribution in [0.1, 0.15) is 44.8 Å². The second-order valence-electron chi connectivity index (χ2n) is 6.71. The summed E-state index contributed by atoms with van der Waals surface area (Å²) < 4.78 is 9.41. The smallest absolute Gasteiger partial charge is 0.270 e. The molecule has 2 atom stereocenters. The molecule has 3 amide bonds. The summed E-state index contributed by atoms with van der Waals surface area (Å²) in [4.78, 5) is 39.8. The number of ether oxygens (including phenoxy) is 1. The van der Waals surface area contributed by atoms with Gasteiger partial charge in [0.2, 0.25) is 5.91 Å². The molecule has 2 aromatic heterocycles. The van der Waals surface area contributed by atoms with Gasteiger partial charge >= 0.3 is 0 Å². The lowest BCUT2D eigenvalue weighted by Gasteiger charge is -2.28. The average molecular weight is 438 g/mol. The molecule has 9 nitrogen and oxygen atoms in total. The fourth-order valence-electron chi connectivity index (χ4n) is 3.02. The fraction of sp³-hybridized carbons (Fsp3) is 0.444. The van der Waals surface area contributed by atoms with Crippen LogP contribution < -0.4 is 16.8 Å². The van der Waals surface area contributed by atoms with Gasteiger partial charge < -0.3 is 26.4 Å². The van der Waals surface area contributed by atoms with Crippen molar-refractivity contribution in [2.24, 2.45) is 5.73 Å². The molecule has 2 aromatic rings. The molecule has 156 valence electrons. The Balaban J connectivity index is 1.78. The van der Waals surface area contributed by atoms with Crippen LogP contribution in [-0.4, -0.2) is 52.3 Å². The third kappa shape index (κ3) is 4.92. The third-order valence-electron chi connectivity index (χ3n) is 4.70. The van der Waals surface area contributed by atoms with E-state index in [1.807, 2.05) is 17.5 Å². The van der Waals surface area contributed by atoms with E-state index in [2.05, 4.69) is 9.69 Å². The van der Waals surface area contributed by atoms with Gasteiger partial charge in [0.05, 0.1) is 18.3 Å². The van der Waals surface area contributed by atoms with Crippen LogP contribution in [0.3, 0.4) is 0 Å². The minimum absolute atomic E-state index is 0.00265. The zero-order valence-electron chi connectivity index (χ0n) is 15.9. The molecule has 1 aliphatic heterocycles. The van der Waals surface area contributed by atoms with Crippen molar-refractivity contribution in [2.75, 3.05) is 18.9 Å². The number of hydrogen-bond donors (Lipinski definition) is 3. The largest absolute Gasteiger partial charge is 0.395 e. The number of carbonyl (C=O) groups excluding carboxylic acids is 3. The monoisotopic (exact) mass is 437 g/mol. The van der Waals surface area contributed by atoms with E-state index in [1.165, 1.54) is 16.2 Å². The van der Waals surface area contributed by atoms with Gasteiger partial charge in [-0.25, -0.2) is 0 Å². The summed E-state index contributed by atoms with van der Waals surface area (Å²) in [5.41, 5.74) is 11.0. The van der Waals surface area contributed by atoms with Crippen molar-refractivity contribution in [3.05, 3.63) is 33.0 Å². The standard InChI is InChI=1S/C18H23N5O4S2/c1-10(17(25)21-8-11-4-2-6-27-11)23(9-12-5-3-7-28-12)18(26)15-13(19)14(16(20)24)22-29-15/h3,5,7,10-11H,2,4,6,8-9,19H2,1H3,(H2,20,24)(H,21,25). The summed E-state index contributed by atoms with van der Waals surface area (Å²) in [5, 5.41) is 4.75. The minimum atomic E-state index is -0.801. The van der Waals surface area contributed by atoms with Crippen molar-refractivity contribution in [1.29, 1.82) is 0 Å². The Labute approximate surface area is 176 Å². The predicted octanol–water partition coefficient (Wildman–Crippen LogP) is 1.21. The van der Waals surface area contributed by atoms with E-state index < -0.39 is 17.9 Å². The van der Waals surface area contributed by atoms with Crippen LogP contribution in [0.2, 0.25) is 0 Å². The van der Waals surface area contributed by atoms with Crippen LogP contribution in [0.15, 0.2) is 17.5 Å². The van der Waals surface area contributed by atoms with Crippen molar-refractivity contribution in [1.82, 2.24) is 14.6 Å². The fourth-order valence-corrected chi connectivity index (χ4v) is 4.49. The molecule has 3 rings (SSSR count). The third-order valence-corrected chi connectivity index (χ3v) is 6.41. The molecule has 1 fully saturated rings. The van der Waals surface area contributed by atoms with Crippen LogP contribution in [0.5, 0.6) is 0 Å². The van der Waals surface area contributed by atoms with Crippen LogP contribution in [0.4, 0.5) is 5.69 Å². The quantitative estimate of drug-likeness (QED) is 0.567. The molecule has 3 heterocycles. The van der Waals surface area contributed by atoms with Gasteiger partial charge in [-0.1, -0.05) is 6.07 Å². The van der Waals surface area contributed by atoms with Crippen molar-refractivity contribution < 1.29 is 19.1 Å². The highest BCUT2D eigenvalue weighted by Crippen LogP contribution is 2.26. The second kappa shape index (κ2) is 9.33. The van der Waals surface area contributed by atoms with Crippen LogP contribution in [0, 0.1) is 0 Å². The number of rotatable bonds is 8. The Kier molecular flexibility index (Phi) is 6.83. The molecule has 11 heteroatoms. The number of nitrogens with one attached hydrogen (secondary N) is 1. The Morgan fingerprint density at radius 2 is 2.24 bits per heavy atom.